The van der Waals surface area contributed by atoms with Crippen LogP contribution in [0, 0.1) is 5.41 Å². The van der Waals surface area contributed by atoms with Crippen molar-refractivity contribution in [2.24, 2.45) is 5.41 Å². The molecule has 2 aliphatic carbocycles. The number of hydrogen-bond donors (Lipinski definition) is 0. The van der Waals surface area contributed by atoms with Crippen molar-refractivity contribution in [1.82, 2.24) is 0 Å². The lowest BCUT2D eigenvalue weighted by atomic mass is 9.85. The van der Waals surface area contributed by atoms with Crippen LogP contribution in [0.5, 0.6) is 11.5 Å². The van der Waals surface area contributed by atoms with E-state index in [1.54, 1.807) is 14.2 Å². The van der Waals surface area contributed by atoms with Crippen molar-refractivity contribution in [1.29, 1.82) is 0 Å². The molecule has 3 atom stereocenters. The minimum Gasteiger partial charge on any atom is -0.497 e. The van der Waals surface area contributed by atoms with Crippen LogP contribution in [-0.4, -0.2) is 14.2 Å². The van der Waals surface area contributed by atoms with Crippen molar-refractivity contribution in [3.05, 3.63) is 59.2 Å². The number of fused-ring (bicyclic) bond motifs is 3. The minimum absolute atomic E-state index is 0.0275. The van der Waals surface area contributed by atoms with Gasteiger partial charge < -0.3 is 9.47 Å². The molecule has 4 rings (SSSR count). The number of hydrogen-bond acceptors (Lipinski definition) is 2. The summed E-state index contributed by atoms with van der Waals surface area (Å²) < 4.78 is 10.6. The summed E-state index contributed by atoms with van der Waals surface area (Å²) in [6.45, 7) is 2.29. The van der Waals surface area contributed by atoms with Gasteiger partial charge in [0.1, 0.15) is 11.5 Å². The molecule has 3 heteroatoms. The van der Waals surface area contributed by atoms with Gasteiger partial charge in [0, 0.05) is 10.8 Å². The van der Waals surface area contributed by atoms with Gasteiger partial charge in [-0.05, 0) is 47.4 Å². The molecule has 0 aliphatic heterocycles. The second kappa shape index (κ2) is 4.42. The molecular weight excluding hydrogens is 296 g/mol. The van der Waals surface area contributed by atoms with E-state index < -0.39 is 0 Å². The van der Waals surface area contributed by atoms with Crippen LogP contribution in [-0.2, 0) is 5.41 Å². The molecule has 22 heavy (non-hydrogen) atoms. The highest BCUT2D eigenvalue weighted by Gasteiger charge is 2.73. The van der Waals surface area contributed by atoms with Gasteiger partial charge in [-0.25, -0.2) is 0 Å². The smallest absolute Gasteiger partial charge is 0.119 e. The Bertz CT molecular complexity index is 740. The average molecular weight is 315 g/mol. The molecule has 1 saturated carbocycles. The highest BCUT2D eigenvalue weighted by molar-refractivity contribution is 6.22. The predicted octanol–water partition coefficient (Wildman–Crippen LogP) is 4.69. The van der Waals surface area contributed by atoms with Gasteiger partial charge in [0.05, 0.1) is 19.6 Å². The fourth-order valence-electron chi connectivity index (χ4n) is 4.29. The van der Waals surface area contributed by atoms with Gasteiger partial charge in [0.25, 0.3) is 0 Å². The lowest BCUT2D eigenvalue weighted by Gasteiger charge is -2.18. The molecule has 2 aromatic rings. The molecule has 0 spiro atoms. The number of rotatable bonds is 3. The first-order valence-electron chi connectivity index (χ1n) is 7.54. The van der Waals surface area contributed by atoms with Crippen molar-refractivity contribution in [3.63, 3.8) is 0 Å². The van der Waals surface area contributed by atoms with Crippen molar-refractivity contribution in [3.8, 4) is 11.5 Å². The van der Waals surface area contributed by atoms with Crippen molar-refractivity contribution in [2.75, 3.05) is 14.2 Å². The van der Waals surface area contributed by atoms with Crippen LogP contribution in [0.15, 0.2) is 42.5 Å². The molecule has 2 aromatic carbocycles. The molecule has 1 fully saturated rings. The Kier molecular flexibility index (Phi) is 2.80. The zero-order valence-corrected chi connectivity index (χ0v) is 13.8. The van der Waals surface area contributed by atoms with E-state index in [2.05, 4.69) is 31.2 Å². The summed E-state index contributed by atoms with van der Waals surface area (Å²) in [5.74, 6) is 1.76. The Morgan fingerprint density at radius 2 is 1.64 bits per heavy atom. The monoisotopic (exact) mass is 314 g/mol. The largest absolute Gasteiger partial charge is 0.497 e. The lowest BCUT2D eigenvalue weighted by molar-refractivity contribution is 0.414. The molecule has 0 radical (unpaired) electrons. The van der Waals surface area contributed by atoms with Crippen molar-refractivity contribution >= 4 is 11.6 Å². The van der Waals surface area contributed by atoms with Gasteiger partial charge in [-0.2, -0.15) is 0 Å². The third-order valence-corrected chi connectivity index (χ3v) is 6.33. The lowest BCUT2D eigenvalue weighted by Crippen LogP contribution is -2.13. The molecular formula is C19H19ClO2. The van der Waals surface area contributed by atoms with Gasteiger partial charge in [-0.1, -0.05) is 25.1 Å². The van der Waals surface area contributed by atoms with Crippen LogP contribution in [0.2, 0.25) is 0 Å². The number of ether oxygens (including phenoxy) is 2. The molecule has 0 N–H and O–H groups in total. The maximum absolute atomic E-state index is 6.82. The highest BCUT2D eigenvalue weighted by atomic mass is 35.5. The standard InChI is InChI=1S/C19H19ClO2/c1-18-11-19(18,12-4-6-13(21-2)7-5-12)16-9-8-14(22-3)10-15(16)17(18)20/h4-10,17H,11H2,1-3H3/t17-,18-,19-/m1/s1. The van der Waals surface area contributed by atoms with Crippen LogP contribution in [0.4, 0.5) is 0 Å². The van der Waals surface area contributed by atoms with E-state index in [4.69, 9.17) is 21.1 Å². The van der Waals surface area contributed by atoms with Crippen LogP contribution in [0.25, 0.3) is 0 Å². The Morgan fingerprint density at radius 3 is 2.27 bits per heavy atom. The van der Waals surface area contributed by atoms with Crippen LogP contribution < -0.4 is 9.47 Å². The second-order valence-corrected chi connectivity index (χ2v) is 6.98. The van der Waals surface area contributed by atoms with Gasteiger partial charge in [-0.15, -0.1) is 11.6 Å². The first-order chi connectivity index (χ1) is 10.6. The van der Waals surface area contributed by atoms with Gasteiger partial charge >= 0.3 is 0 Å². The van der Waals surface area contributed by atoms with Gasteiger partial charge in [0.2, 0.25) is 0 Å². The van der Waals surface area contributed by atoms with E-state index >= 15 is 0 Å². The number of benzene rings is 2. The summed E-state index contributed by atoms with van der Waals surface area (Å²) in [6, 6.07) is 14.7. The molecule has 114 valence electrons. The Hall–Kier alpha value is -1.67. The van der Waals surface area contributed by atoms with E-state index in [1.165, 1.54) is 16.7 Å². The average Bonchev–Trinajstić information content (AvgIpc) is 3.16. The Morgan fingerprint density at radius 1 is 1.00 bits per heavy atom. The normalized spacial score (nSPS) is 31.4. The summed E-state index contributed by atoms with van der Waals surface area (Å²) in [6.07, 6.45) is 1.10. The summed E-state index contributed by atoms with van der Waals surface area (Å²) in [7, 11) is 3.39. The molecule has 0 amide bonds. The Labute approximate surface area is 136 Å². The molecule has 0 aromatic heterocycles. The number of methoxy groups -OCH3 is 2. The quantitative estimate of drug-likeness (QED) is 0.765. The minimum atomic E-state index is 0.0275. The third-order valence-electron chi connectivity index (χ3n) is 5.62. The van der Waals surface area contributed by atoms with E-state index in [-0.39, 0.29) is 16.2 Å². The third kappa shape index (κ3) is 1.51. The molecule has 0 unspecified atom stereocenters. The summed E-state index contributed by atoms with van der Waals surface area (Å²) >= 11 is 6.82. The zero-order chi connectivity index (χ0) is 15.5. The summed E-state index contributed by atoms with van der Waals surface area (Å²) in [5.41, 5.74) is 4.00. The van der Waals surface area contributed by atoms with Crippen molar-refractivity contribution < 1.29 is 9.47 Å². The fourth-order valence-corrected chi connectivity index (χ4v) is 4.73. The molecule has 2 nitrogen and oxygen atoms in total. The number of halogens is 1. The van der Waals surface area contributed by atoms with Crippen LogP contribution >= 0.6 is 11.6 Å². The molecule has 0 saturated heterocycles. The maximum atomic E-state index is 6.82. The van der Waals surface area contributed by atoms with Crippen LogP contribution in [0.3, 0.4) is 0 Å². The van der Waals surface area contributed by atoms with E-state index in [0.29, 0.717) is 0 Å². The first kappa shape index (κ1) is 14.0. The summed E-state index contributed by atoms with van der Waals surface area (Å²) in [5, 5.41) is 0.0275. The fraction of sp³-hybridized carbons (Fsp3) is 0.368. The van der Waals surface area contributed by atoms with E-state index in [0.717, 1.165) is 17.9 Å². The second-order valence-electron chi connectivity index (χ2n) is 6.54. The molecule has 0 heterocycles. The van der Waals surface area contributed by atoms with E-state index in [1.807, 2.05) is 18.2 Å². The summed E-state index contributed by atoms with van der Waals surface area (Å²) in [4.78, 5) is 0. The number of alkyl halides is 1. The molecule has 2 aliphatic rings. The predicted molar refractivity (Wildman–Crippen MR) is 88.1 cm³/mol. The van der Waals surface area contributed by atoms with Crippen LogP contribution in [0.1, 0.15) is 35.4 Å². The highest BCUT2D eigenvalue weighted by Crippen LogP contribution is 2.79. The molecule has 0 bridgehead atoms. The van der Waals surface area contributed by atoms with Gasteiger partial charge in [0.15, 0.2) is 0 Å². The SMILES string of the molecule is COc1ccc([C@@]23C[C@]2(C)[C@H](Cl)c2cc(OC)ccc23)cc1. The van der Waals surface area contributed by atoms with Gasteiger partial charge in [-0.3, -0.25) is 0 Å². The van der Waals surface area contributed by atoms with E-state index in [9.17, 15) is 0 Å². The zero-order valence-electron chi connectivity index (χ0n) is 13.0. The Balaban J connectivity index is 1.86. The maximum Gasteiger partial charge on any atom is 0.119 e. The topological polar surface area (TPSA) is 18.5 Å². The van der Waals surface area contributed by atoms with Crippen molar-refractivity contribution in [2.45, 2.75) is 24.1 Å². The first-order valence-corrected chi connectivity index (χ1v) is 7.97.